The van der Waals surface area contributed by atoms with Gasteiger partial charge in [-0.3, -0.25) is 4.68 Å². The van der Waals surface area contributed by atoms with Gasteiger partial charge in [0.15, 0.2) is 9.84 Å². The van der Waals surface area contributed by atoms with Gasteiger partial charge >= 0.3 is 0 Å². The van der Waals surface area contributed by atoms with Crippen molar-refractivity contribution in [1.82, 2.24) is 14.8 Å². The molecule has 1 saturated heterocycles. The summed E-state index contributed by atoms with van der Waals surface area (Å²) in [5.74, 6) is 2.19. The highest BCUT2D eigenvalue weighted by Gasteiger charge is 2.33. The van der Waals surface area contributed by atoms with Crippen LogP contribution in [0, 0.1) is 11.8 Å². The summed E-state index contributed by atoms with van der Waals surface area (Å²) < 4.78 is 25.1. The molecule has 0 saturated carbocycles. The number of rotatable bonds is 6. The molecule has 19 heavy (non-hydrogen) atoms. The van der Waals surface area contributed by atoms with Crippen molar-refractivity contribution in [2.45, 2.75) is 32.7 Å². The van der Waals surface area contributed by atoms with Gasteiger partial charge in [-0.15, -0.1) is 0 Å². The van der Waals surface area contributed by atoms with Gasteiger partial charge in [0.25, 0.3) is 0 Å². The Labute approximate surface area is 122 Å². The SMILES string of the molecule is CCCn1ncnc1CC(CBr)C1CCS(=O)(=O)C1. The zero-order valence-corrected chi connectivity index (χ0v) is 13.5. The molecule has 0 bridgehead atoms. The van der Waals surface area contributed by atoms with E-state index in [1.54, 1.807) is 6.33 Å². The Morgan fingerprint density at radius 2 is 2.37 bits per heavy atom. The lowest BCUT2D eigenvalue weighted by molar-refractivity contribution is 0.385. The van der Waals surface area contributed by atoms with Crippen molar-refractivity contribution < 1.29 is 8.42 Å². The number of nitrogens with zero attached hydrogens (tertiary/aromatic N) is 3. The minimum Gasteiger partial charge on any atom is -0.250 e. The summed E-state index contributed by atoms with van der Waals surface area (Å²) in [5.41, 5.74) is 0. The molecule has 1 aromatic heterocycles. The van der Waals surface area contributed by atoms with Crippen LogP contribution in [0.5, 0.6) is 0 Å². The van der Waals surface area contributed by atoms with E-state index in [2.05, 4.69) is 32.9 Å². The van der Waals surface area contributed by atoms with E-state index in [0.29, 0.717) is 17.4 Å². The molecular weight excluding hydrogens is 330 g/mol. The van der Waals surface area contributed by atoms with Gasteiger partial charge in [-0.2, -0.15) is 5.10 Å². The second kappa shape index (κ2) is 6.35. The van der Waals surface area contributed by atoms with Crippen LogP contribution in [0.15, 0.2) is 6.33 Å². The molecule has 0 aliphatic carbocycles. The van der Waals surface area contributed by atoms with Gasteiger partial charge < -0.3 is 0 Å². The van der Waals surface area contributed by atoms with Crippen LogP contribution in [0.3, 0.4) is 0 Å². The van der Waals surface area contributed by atoms with Gasteiger partial charge in [-0.1, -0.05) is 22.9 Å². The molecule has 1 aliphatic rings. The minimum atomic E-state index is -2.81. The normalized spacial score (nSPS) is 23.6. The van der Waals surface area contributed by atoms with Crippen LogP contribution >= 0.6 is 15.9 Å². The number of sulfone groups is 1. The Kier molecular flexibility index (Phi) is 5.00. The zero-order valence-electron chi connectivity index (χ0n) is 11.1. The molecule has 108 valence electrons. The molecule has 1 aliphatic heterocycles. The van der Waals surface area contributed by atoms with Crippen LogP contribution in [0.1, 0.15) is 25.6 Å². The molecule has 0 amide bonds. The van der Waals surface area contributed by atoms with E-state index in [0.717, 1.165) is 37.0 Å². The smallest absolute Gasteiger partial charge is 0.150 e. The van der Waals surface area contributed by atoms with E-state index < -0.39 is 9.84 Å². The fourth-order valence-corrected chi connectivity index (χ4v) is 5.30. The number of alkyl halides is 1. The first kappa shape index (κ1) is 15.0. The van der Waals surface area contributed by atoms with Gasteiger partial charge in [-0.05, 0) is 24.7 Å². The Balaban J connectivity index is 2.05. The molecule has 1 aromatic rings. The van der Waals surface area contributed by atoms with Crippen LogP contribution in [0.2, 0.25) is 0 Å². The van der Waals surface area contributed by atoms with Gasteiger partial charge in [0.05, 0.1) is 11.5 Å². The second-order valence-electron chi connectivity index (χ2n) is 5.18. The lowest BCUT2D eigenvalue weighted by atomic mass is 9.90. The van der Waals surface area contributed by atoms with E-state index in [-0.39, 0.29) is 5.92 Å². The molecular formula is C12H20BrN3O2S. The number of aryl methyl sites for hydroxylation is 1. The lowest BCUT2D eigenvalue weighted by Gasteiger charge is -2.19. The first-order chi connectivity index (χ1) is 9.05. The lowest BCUT2D eigenvalue weighted by Crippen LogP contribution is -2.22. The maximum Gasteiger partial charge on any atom is 0.150 e. The number of aromatic nitrogens is 3. The molecule has 0 N–H and O–H groups in total. The number of hydrogen-bond acceptors (Lipinski definition) is 4. The van der Waals surface area contributed by atoms with Gasteiger partial charge in [-0.25, -0.2) is 13.4 Å². The highest BCUT2D eigenvalue weighted by molar-refractivity contribution is 9.09. The zero-order chi connectivity index (χ0) is 13.9. The van der Waals surface area contributed by atoms with Crippen LogP contribution < -0.4 is 0 Å². The van der Waals surface area contributed by atoms with E-state index >= 15 is 0 Å². The summed E-state index contributed by atoms with van der Waals surface area (Å²) in [6, 6.07) is 0. The Morgan fingerprint density at radius 3 is 2.95 bits per heavy atom. The fourth-order valence-electron chi connectivity index (χ4n) is 2.62. The molecule has 5 nitrogen and oxygen atoms in total. The maximum absolute atomic E-state index is 11.6. The second-order valence-corrected chi connectivity index (χ2v) is 8.06. The molecule has 2 atom stereocenters. The molecule has 2 rings (SSSR count). The minimum absolute atomic E-state index is 0.246. The average Bonchev–Trinajstić information content (AvgIpc) is 2.93. The van der Waals surface area contributed by atoms with Crippen molar-refractivity contribution in [2.75, 3.05) is 16.8 Å². The summed E-state index contributed by atoms with van der Waals surface area (Å²) in [5, 5.41) is 5.03. The monoisotopic (exact) mass is 349 g/mol. The fraction of sp³-hybridized carbons (Fsp3) is 0.833. The van der Waals surface area contributed by atoms with Crippen LogP contribution in [-0.4, -0.2) is 40.0 Å². The van der Waals surface area contributed by atoms with Crippen molar-refractivity contribution in [3.05, 3.63) is 12.2 Å². The summed E-state index contributed by atoms with van der Waals surface area (Å²) >= 11 is 3.52. The van der Waals surface area contributed by atoms with E-state index in [1.807, 2.05) is 4.68 Å². The largest absolute Gasteiger partial charge is 0.250 e. The molecule has 2 heterocycles. The van der Waals surface area contributed by atoms with E-state index in [1.165, 1.54) is 0 Å². The van der Waals surface area contributed by atoms with Crippen LogP contribution in [0.4, 0.5) is 0 Å². The van der Waals surface area contributed by atoms with Gasteiger partial charge in [0, 0.05) is 18.3 Å². The standard InChI is InChI=1S/C12H20BrN3O2S/c1-2-4-16-12(14-9-15-16)6-11(7-13)10-3-5-19(17,18)8-10/h9-11H,2-8H2,1H3. The topological polar surface area (TPSA) is 64.8 Å². The first-order valence-electron chi connectivity index (χ1n) is 6.68. The van der Waals surface area contributed by atoms with Crippen LogP contribution in [-0.2, 0) is 22.8 Å². The van der Waals surface area contributed by atoms with Crippen molar-refractivity contribution in [3.8, 4) is 0 Å². The molecule has 2 unspecified atom stereocenters. The summed E-state index contributed by atoms with van der Waals surface area (Å²) in [6.45, 7) is 2.98. The quantitative estimate of drug-likeness (QED) is 0.733. The summed E-state index contributed by atoms with van der Waals surface area (Å²) in [4.78, 5) is 4.31. The summed E-state index contributed by atoms with van der Waals surface area (Å²) in [6.07, 6.45) is 4.18. The Morgan fingerprint density at radius 1 is 1.58 bits per heavy atom. The first-order valence-corrected chi connectivity index (χ1v) is 9.63. The molecule has 0 spiro atoms. The predicted molar refractivity (Wildman–Crippen MR) is 78.1 cm³/mol. The molecule has 7 heteroatoms. The van der Waals surface area contributed by atoms with Crippen molar-refractivity contribution >= 4 is 25.8 Å². The molecule has 1 fully saturated rings. The Hall–Kier alpha value is -0.430. The average molecular weight is 350 g/mol. The van der Waals surface area contributed by atoms with Crippen molar-refractivity contribution in [1.29, 1.82) is 0 Å². The van der Waals surface area contributed by atoms with Crippen LogP contribution in [0.25, 0.3) is 0 Å². The van der Waals surface area contributed by atoms with Crippen molar-refractivity contribution in [2.24, 2.45) is 11.8 Å². The highest BCUT2D eigenvalue weighted by atomic mass is 79.9. The third kappa shape index (κ3) is 3.78. The summed E-state index contributed by atoms with van der Waals surface area (Å²) in [7, 11) is -2.81. The Bertz CT molecular complexity index is 515. The predicted octanol–water partition coefficient (Wildman–Crippen LogP) is 1.68. The maximum atomic E-state index is 11.6. The van der Waals surface area contributed by atoms with Gasteiger partial charge in [0.1, 0.15) is 12.2 Å². The number of hydrogen-bond donors (Lipinski definition) is 0. The van der Waals surface area contributed by atoms with Crippen molar-refractivity contribution in [3.63, 3.8) is 0 Å². The van der Waals surface area contributed by atoms with Gasteiger partial charge in [0.2, 0.25) is 0 Å². The van der Waals surface area contributed by atoms with E-state index in [4.69, 9.17) is 0 Å². The third-order valence-electron chi connectivity index (χ3n) is 3.71. The highest BCUT2D eigenvalue weighted by Crippen LogP contribution is 2.29. The number of halogens is 1. The molecule has 0 radical (unpaired) electrons. The molecule has 0 aromatic carbocycles. The third-order valence-corrected chi connectivity index (χ3v) is 6.33. The van der Waals surface area contributed by atoms with E-state index in [9.17, 15) is 8.42 Å².